The quantitative estimate of drug-likeness (QED) is 0.737. The first-order chi connectivity index (χ1) is 6.27. The van der Waals surface area contributed by atoms with Gasteiger partial charge in [-0.15, -0.1) is 0 Å². The van der Waals surface area contributed by atoms with Gasteiger partial charge in [0.15, 0.2) is 0 Å². The summed E-state index contributed by atoms with van der Waals surface area (Å²) in [7, 11) is 0. The summed E-state index contributed by atoms with van der Waals surface area (Å²) in [6.07, 6.45) is 5.29. The van der Waals surface area contributed by atoms with Crippen LogP contribution in [0.2, 0.25) is 0 Å². The van der Waals surface area contributed by atoms with Gasteiger partial charge in [-0.2, -0.15) is 5.26 Å². The van der Waals surface area contributed by atoms with Gasteiger partial charge in [0.25, 0.3) is 0 Å². The van der Waals surface area contributed by atoms with E-state index < -0.39 is 0 Å². The average Bonchev–Trinajstić information content (AvgIpc) is 2.61. The summed E-state index contributed by atoms with van der Waals surface area (Å²) in [5.41, 5.74) is 5.49. The Kier molecular flexibility index (Phi) is 3.47. The summed E-state index contributed by atoms with van der Waals surface area (Å²) in [4.78, 5) is 4.18. The summed E-state index contributed by atoms with van der Waals surface area (Å²) in [5, 5.41) is 8.49. The molecule has 0 spiro atoms. The fourth-order valence-corrected chi connectivity index (χ4v) is 1.20. The summed E-state index contributed by atoms with van der Waals surface area (Å²) >= 11 is 0. The topological polar surface area (TPSA) is 67.6 Å². The van der Waals surface area contributed by atoms with Crippen molar-refractivity contribution < 1.29 is 0 Å². The summed E-state index contributed by atoms with van der Waals surface area (Å²) in [5.74, 6) is 1.05. The van der Waals surface area contributed by atoms with Crippen molar-refractivity contribution in [3.05, 3.63) is 18.2 Å². The van der Waals surface area contributed by atoms with E-state index in [2.05, 4.69) is 11.9 Å². The third-order valence-corrected chi connectivity index (χ3v) is 1.96. The number of hydrogen-bond donors (Lipinski definition) is 1. The zero-order valence-corrected chi connectivity index (χ0v) is 7.77. The van der Waals surface area contributed by atoms with Crippen LogP contribution in [0.15, 0.2) is 12.4 Å². The van der Waals surface area contributed by atoms with E-state index in [4.69, 9.17) is 11.0 Å². The van der Waals surface area contributed by atoms with Crippen molar-refractivity contribution in [1.82, 2.24) is 9.55 Å². The highest BCUT2D eigenvalue weighted by molar-refractivity contribution is 4.93. The molecule has 0 bridgehead atoms. The Balaban J connectivity index is 2.50. The van der Waals surface area contributed by atoms with E-state index >= 15 is 0 Å². The monoisotopic (exact) mass is 178 g/mol. The van der Waals surface area contributed by atoms with Gasteiger partial charge in [-0.25, -0.2) is 4.98 Å². The molecule has 0 fully saturated rings. The van der Waals surface area contributed by atoms with Crippen molar-refractivity contribution in [3.63, 3.8) is 0 Å². The maximum absolute atomic E-state index is 8.49. The molecule has 1 aromatic rings. The SMILES string of the molecule is CCc1nccn1CCC(N)C#N. The fourth-order valence-electron chi connectivity index (χ4n) is 1.20. The van der Waals surface area contributed by atoms with Crippen LogP contribution in [0.5, 0.6) is 0 Å². The Hall–Kier alpha value is -1.34. The molecule has 0 aromatic carbocycles. The molecule has 1 aromatic heterocycles. The molecule has 0 saturated heterocycles. The molecule has 1 heterocycles. The number of nitriles is 1. The van der Waals surface area contributed by atoms with Crippen molar-refractivity contribution in [1.29, 1.82) is 5.26 Å². The first-order valence-electron chi connectivity index (χ1n) is 4.43. The third-order valence-electron chi connectivity index (χ3n) is 1.96. The lowest BCUT2D eigenvalue weighted by Crippen LogP contribution is -2.19. The minimum atomic E-state index is -0.368. The lowest BCUT2D eigenvalue weighted by Gasteiger charge is -2.06. The largest absolute Gasteiger partial charge is 0.335 e. The molecule has 4 heteroatoms. The molecule has 13 heavy (non-hydrogen) atoms. The molecule has 0 aliphatic carbocycles. The van der Waals surface area contributed by atoms with E-state index in [1.165, 1.54) is 0 Å². The molecule has 0 radical (unpaired) electrons. The number of nitrogens with two attached hydrogens (primary N) is 1. The lowest BCUT2D eigenvalue weighted by molar-refractivity contribution is 0.584. The molecule has 70 valence electrons. The van der Waals surface area contributed by atoms with Gasteiger partial charge in [0.1, 0.15) is 5.82 Å². The van der Waals surface area contributed by atoms with Gasteiger partial charge in [0.2, 0.25) is 0 Å². The molecule has 2 N–H and O–H groups in total. The summed E-state index contributed by atoms with van der Waals surface area (Å²) in [6, 6.07) is 1.64. The number of rotatable bonds is 4. The lowest BCUT2D eigenvalue weighted by atomic mass is 10.2. The van der Waals surface area contributed by atoms with Crippen molar-refractivity contribution >= 4 is 0 Å². The third kappa shape index (κ3) is 2.56. The van der Waals surface area contributed by atoms with Crippen LogP contribution in [0.4, 0.5) is 0 Å². The van der Waals surface area contributed by atoms with E-state index in [1.807, 2.05) is 16.8 Å². The second-order valence-corrected chi connectivity index (χ2v) is 2.91. The molecular weight excluding hydrogens is 164 g/mol. The first kappa shape index (κ1) is 9.75. The first-order valence-corrected chi connectivity index (χ1v) is 4.43. The number of aryl methyl sites for hydroxylation is 2. The Morgan fingerprint density at radius 3 is 3.15 bits per heavy atom. The van der Waals surface area contributed by atoms with Crippen LogP contribution in [-0.2, 0) is 13.0 Å². The van der Waals surface area contributed by atoms with Crippen LogP contribution >= 0.6 is 0 Å². The van der Waals surface area contributed by atoms with Gasteiger partial charge in [-0.05, 0) is 6.42 Å². The van der Waals surface area contributed by atoms with Crippen molar-refractivity contribution in [2.24, 2.45) is 5.73 Å². The highest BCUT2D eigenvalue weighted by Crippen LogP contribution is 2.00. The highest BCUT2D eigenvalue weighted by atomic mass is 15.1. The van der Waals surface area contributed by atoms with E-state index in [9.17, 15) is 0 Å². The fraction of sp³-hybridized carbons (Fsp3) is 0.556. The Morgan fingerprint density at radius 1 is 1.77 bits per heavy atom. The standard InChI is InChI=1S/C9H14N4/c1-2-9-12-4-6-13(9)5-3-8(11)7-10/h4,6,8H,2-3,5,11H2,1H3. The maximum Gasteiger partial charge on any atom is 0.108 e. The Morgan fingerprint density at radius 2 is 2.54 bits per heavy atom. The van der Waals surface area contributed by atoms with Gasteiger partial charge in [0.05, 0.1) is 12.1 Å². The second-order valence-electron chi connectivity index (χ2n) is 2.91. The average molecular weight is 178 g/mol. The van der Waals surface area contributed by atoms with Crippen LogP contribution in [0.3, 0.4) is 0 Å². The molecule has 1 unspecified atom stereocenters. The zero-order chi connectivity index (χ0) is 9.68. The normalized spacial score (nSPS) is 12.4. The molecular formula is C9H14N4. The van der Waals surface area contributed by atoms with Crippen LogP contribution in [0.1, 0.15) is 19.2 Å². The molecule has 0 saturated carbocycles. The Labute approximate surface area is 78.0 Å². The smallest absolute Gasteiger partial charge is 0.108 e. The maximum atomic E-state index is 8.49. The van der Waals surface area contributed by atoms with Gasteiger partial charge in [-0.1, -0.05) is 6.92 Å². The minimum absolute atomic E-state index is 0.368. The Bertz CT molecular complexity index is 297. The van der Waals surface area contributed by atoms with Crippen molar-refractivity contribution in [2.45, 2.75) is 32.4 Å². The van der Waals surface area contributed by atoms with Crippen LogP contribution in [0, 0.1) is 11.3 Å². The molecule has 4 nitrogen and oxygen atoms in total. The van der Waals surface area contributed by atoms with E-state index in [-0.39, 0.29) is 6.04 Å². The van der Waals surface area contributed by atoms with E-state index in [0.29, 0.717) is 6.42 Å². The van der Waals surface area contributed by atoms with Crippen molar-refractivity contribution in [2.75, 3.05) is 0 Å². The highest BCUT2D eigenvalue weighted by Gasteiger charge is 2.03. The predicted octanol–water partition coefficient (Wildman–Crippen LogP) is 0.686. The van der Waals surface area contributed by atoms with E-state index in [0.717, 1.165) is 18.8 Å². The number of aromatic nitrogens is 2. The number of imidazole rings is 1. The second kappa shape index (κ2) is 4.63. The summed E-state index contributed by atoms with van der Waals surface area (Å²) < 4.78 is 2.04. The molecule has 0 amide bonds. The molecule has 1 atom stereocenters. The molecule has 0 aliphatic rings. The number of hydrogen-bond acceptors (Lipinski definition) is 3. The summed E-state index contributed by atoms with van der Waals surface area (Å²) in [6.45, 7) is 2.83. The zero-order valence-electron chi connectivity index (χ0n) is 7.77. The van der Waals surface area contributed by atoms with E-state index in [1.54, 1.807) is 6.20 Å². The van der Waals surface area contributed by atoms with Crippen LogP contribution in [-0.4, -0.2) is 15.6 Å². The van der Waals surface area contributed by atoms with Gasteiger partial charge < -0.3 is 10.3 Å². The number of nitrogens with zero attached hydrogens (tertiary/aromatic N) is 3. The predicted molar refractivity (Wildman–Crippen MR) is 49.8 cm³/mol. The van der Waals surface area contributed by atoms with Gasteiger partial charge >= 0.3 is 0 Å². The minimum Gasteiger partial charge on any atom is -0.335 e. The van der Waals surface area contributed by atoms with Crippen LogP contribution in [0.25, 0.3) is 0 Å². The molecule has 1 rings (SSSR count). The van der Waals surface area contributed by atoms with Gasteiger partial charge in [0, 0.05) is 25.4 Å². The van der Waals surface area contributed by atoms with Crippen LogP contribution < -0.4 is 5.73 Å². The van der Waals surface area contributed by atoms with Gasteiger partial charge in [-0.3, -0.25) is 0 Å². The molecule has 0 aliphatic heterocycles. The van der Waals surface area contributed by atoms with Crippen molar-refractivity contribution in [3.8, 4) is 6.07 Å².